The van der Waals surface area contributed by atoms with Crippen LogP contribution in [0.4, 0.5) is 5.69 Å². The van der Waals surface area contributed by atoms with Gasteiger partial charge in [0.05, 0.1) is 17.9 Å². The molecule has 0 amide bonds. The normalized spacial score (nSPS) is 12.2. The number of benzene rings is 7. The molecule has 0 aliphatic rings. The number of aliphatic imine (C=N–C) groups is 2. The van der Waals surface area contributed by atoms with Crippen molar-refractivity contribution in [1.29, 1.82) is 0 Å². The van der Waals surface area contributed by atoms with Crippen LogP contribution in [-0.2, 0) is 13.0 Å². The summed E-state index contributed by atoms with van der Waals surface area (Å²) < 4.78 is 0. The van der Waals surface area contributed by atoms with Crippen LogP contribution >= 0.6 is 0 Å². The molecule has 7 aromatic rings. The van der Waals surface area contributed by atoms with Crippen LogP contribution in [0.25, 0.3) is 33.2 Å². The summed E-state index contributed by atoms with van der Waals surface area (Å²) in [5.41, 5.74) is 19.0. The fourth-order valence-corrected chi connectivity index (χ4v) is 6.39. The summed E-state index contributed by atoms with van der Waals surface area (Å²) in [7, 11) is 0. The van der Waals surface area contributed by atoms with Crippen molar-refractivity contribution in [1.82, 2.24) is 0 Å². The van der Waals surface area contributed by atoms with E-state index in [1.807, 2.05) is 42.5 Å². The van der Waals surface area contributed by atoms with Gasteiger partial charge in [-0.3, -0.25) is 9.98 Å². The minimum Gasteiger partial charge on any atom is -0.398 e. The molecule has 0 saturated heterocycles. The van der Waals surface area contributed by atoms with Gasteiger partial charge in [-0.15, -0.1) is 0 Å². The topological polar surface area (TPSA) is 50.7 Å². The fraction of sp³-hybridized carbons (Fsp3) is 0.0417. The molecule has 0 aliphatic heterocycles. The molecule has 0 fully saturated rings. The van der Waals surface area contributed by atoms with Crippen molar-refractivity contribution in [2.45, 2.75) is 13.0 Å². The molecule has 0 aromatic heterocycles. The zero-order valence-corrected chi connectivity index (χ0v) is 28.5. The zero-order chi connectivity index (χ0) is 34.8. The molecular weight excluding hydrogens is 619 g/mol. The third-order valence-electron chi connectivity index (χ3n) is 9.08. The second-order valence-electron chi connectivity index (χ2n) is 12.5. The Kier molecular flexibility index (Phi) is 10.2. The first-order valence-corrected chi connectivity index (χ1v) is 17.2. The monoisotopic (exact) mass is 657 g/mol. The van der Waals surface area contributed by atoms with Gasteiger partial charge < -0.3 is 5.73 Å². The third-order valence-corrected chi connectivity index (χ3v) is 9.08. The van der Waals surface area contributed by atoms with Crippen molar-refractivity contribution in [3.05, 3.63) is 221 Å². The molecule has 0 aliphatic carbocycles. The molecule has 246 valence electrons. The van der Waals surface area contributed by atoms with Gasteiger partial charge in [0.2, 0.25) is 0 Å². The molecular formula is C48H39N3. The molecule has 0 saturated carbocycles. The quantitative estimate of drug-likeness (QED) is 0.109. The summed E-state index contributed by atoms with van der Waals surface area (Å²) >= 11 is 0. The molecule has 0 unspecified atom stereocenters. The zero-order valence-electron chi connectivity index (χ0n) is 28.5. The molecule has 0 heterocycles. The molecule has 3 nitrogen and oxygen atoms in total. The van der Waals surface area contributed by atoms with Crippen LogP contribution in [0.1, 0.15) is 33.4 Å². The lowest BCUT2D eigenvalue weighted by Crippen LogP contribution is -2.05. The smallest absolute Gasteiger partial charge is 0.0794 e. The molecule has 3 heteroatoms. The van der Waals surface area contributed by atoms with E-state index in [9.17, 15) is 0 Å². The number of nitrogens with two attached hydrogens (primary N) is 1. The molecule has 7 aromatic carbocycles. The molecule has 0 spiro atoms. The van der Waals surface area contributed by atoms with Gasteiger partial charge in [0.1, 0.15) is 0 Å². The van der Waals surface area contributed by atoms with Gasteiger partial charge in [0, 0.05) is 22.2 Å². The van der Waals surface area contributed by atoms with Crippen molar-refractivity contribution in [2.75, 3.05) is 0 Å². The van der Waals surface area contributed by atoms with Crippen molar-refractivity contribution in [3.63, 3.8) is 0 Å². The van der Waals surface area contributed by atoms with Crippen LogP contribution in [0.5, 0.6) is 0 Å². The summed E-state index contributed by atoms with van der Waals surface area (Å²) in [6.45, 7) is 4.51. The van der Waals surface area contributed by atoms with E-state index in [0.29, 0.717) is 6.54 Å². The van der Waals surface area contributed by atoms with Crippen molar-refractivity contribution >= 4 is 40.2 Å². The first kappa shape index (κ1) is 32.9. The Hall–Kier alpha value is -6.58. The van der Waals surface area contributed by atoms with Crippen LogP contribution in [0.15, 0.2) is 198 Å². The highest BCUT2D eigenvalue weighted by Crippen LogP contribution is 2.33. The summed E-state index contributed by atoms with van der Waals surface area (Å²) in [5, 5.41) is 2.18. The van der Waals surface area contributed by atoms with Gasteiger partial charge in [-0.1, -0.05) is 170 Å². The number of hydrogen-bond acceptors (Lipinski definition) is 3. The van der Waals surface area contributed by atoms with E-state index in [1.54, 1.807) is 0 Å². The number of hydrogen-bond donors (Lipinski definition) is 1. The van der Waals surface area contributed by atoms with Gasteiger partial charge in [0.25, 0.3) is 0 Å². The summed E-state index contributed by atoms with van der Waals surface area (Å²) in [6.07, 6.45) is 5.15. The number of rotatable bonds is 11. The Morgan fingerprint density at radius 2 is 1.22 bits per heavy atom. The van der Waals surface area contributed by atoms with Crippen molar-refractivity contribution in [3.8, 4) is 11.1 Å². The van der Waals surface area contributed by atoms with Crippen LogP contribution < -0.4 is 5.73 Å². The average molecular weight is 658 g/mol. The molecule has 0 atom stereocenters. The highest BCUT2D eigenvalue weighted by molar-refractivity contribution is 6.19. The molecule has 51 heavy (non-hydrogen) atoms. The Morgan fingerprint density at radius 3 is 1.94 bits per heavy atom. The number of nitrogens with zero attached hydrogens (tertiary/aromatic N) is 2. The average Bonchev–Trinajstić information content (AvgIpc) is 3.20. The van der Waals surface area contributed by atoms with E-state index in [2.05, 4.69) is 157 Å². The first-order valence-electron chi connectivity index (χ1n) is 17.2. The standard InChI is InChI=1S/C48H39N3/c1-50-48-44-23-12-11-20-39(44)30-31-45(48)47(51-34-36-16-7-3-8-17-36)43-22-13-21-41(32-43)38-26-28-40(29-27-38)46(49)33-42(37-18-9-4-10-19-37)25-24-35-14-5-2-6-15-35/h2-23,25-33H,1,24,34,49H2/b42-25+,46-33-,51-47?. The van der Waals surface area contributed by atoms with E-state index in [-0.39, 0.29) is 0 Å². The van der Waals surface area contributed by atoms with Gasteiger partial charge >= 0.3 is 0 Å². The van der Waals surface area contributed by atoms with E-state index in [4.69, 9.17) is 10.7 Å². The minimum absolute atomic E-state index is 0.550. The predicted octanol–water partition coefficient (Wildman–Crippen LogP) is 11.5. The SMILES string of the molecule is C=Nc1c(C(=NCc2ccccc2)c2cccc(-c3ccc(/C(N)=C/C(=C\Cc4ccccc4)c4ccccc4)cc3)c2)ccc2ccccc12. The first-order chi connectivity index (χ1) is 25.2. The summed E-state index contributed by atoms with van der Waals surface area (Å²) in [4.78, 5) is 9.73. The Balaban J connectivity index is 1.21. The van der Waals surface area contributed by atoms with E-state index in [1.165, 1.54) is 5.56 Å². The second-order valence-corrected chi connectivity index (χ2v) is 12.5. The van der Waals surface area contributed by atoms with E-state index < -0.39 is 0 Å². The third kappa shape index (κ3) is 7.85. The van der Waals surface area contributed by atoms with E-state index in [0.717, 1.165) is 78.8 Å². The highest BCUT2D eigenvalue weighted by atomic mass is 14.8. The Labute approximate surface area is 300 Å². The van der Waals surface area contributed by atoms with Gasteiger partial charge in [-0.2, -0.15) is 0 Å². The van der Waals surface area contributed by atoms with Gasteiger partial charge in [-0.25, -0.2) is 0 Å². The maximum absolute atomic E-state index is 6.76. The molecule has 0 radical (unpaired) electrons. The van der Waals surface area contributed by atoms with Crippen LogP contribution in [-0.4, -0.2) is 12.4 Å². The molecule has 0 bridgehead atoms. The highest BCUT2D eigenvalue weighted by Gasteiger charge is 2.15. The Bertz CT molecular complexity index is 2350. The van der Waals surface area contributed by atoms with Crippen LogP contribution in [0, 0.1) is 0 Å². The lowest BCUT2D eigenvalue weighted by molar-refractivity contribution is 1.07. The predicted molar refractivity (Wildman–Crippen MR) is 218 cm³/mol. The number of fused-ring (bicyclic) bond motifs is 1. The Morgan fingerprint density at radius 1 is 0.569 bits per heavy atom. The lowest BCUT2D eigenvalue weighted by Gasteiger charge is -2.14. The fourth-order valence-electron chi connectivity index (χ4n) is 6.39. The number of allylic oxidation sites excluding steroid dienone is 3. The van der Waals surface area contributed by atoms with Crippen molar-refractivity contribution < 1.29 is 0 Å². The van der Waals surface area contributed by atoms with Gasteiger partial charge in [0.15, 0.2) is 0 Å². The minimum atomic E-state index is 0.550. The van der Waals surface area contributed by atoms with Crippen molar-refractivity contribution in [2.24, 2.45) is 15.7 Å². The van der Waals surface area contributed by atoms with Gasteiger partial charge in [-0.05, 0) is 75.7 Å². The molecule has 7 rings (SSSR count). The largest absolute Gasteiger partial charge is 0.398 e. The van der Waals surface area contributed by atoms with E-state index >= 15 is 0 Å². The maximum Gasteiger partial charge on any atom is 0.0794 e. The summed E-state index contributed by atoms with van der Waals surface area (Å²) in [5.74, 6) is 0. The lowest BCUT2D eigenvalue weighted by atomic mass is 9.94. The second kappa shape index (κ2) is 15.8. The van der Waals surface area contributed by atoms with Crippen LogP contribution in [0.3, 0.4) is 0 Å². The summed E-state index contributed by atoms with van der Waals surface area (Å²) in [6, 6.07) is 60.8. The molecule has 2 N–H and O–H groups in total. The maximum atomic E-state index is 6.76. The van der Waals surface area contributed by atoms with Crippen LogP contribution in [0.2, 0.25) is 0 Å².